The van der Waals surface area contributed by atoms with E-state index < -0.39 is 0 Å². The Labute approximate surface area is 182 Å². The minimum absolute atomic E-state index is 0.00758. The Balaban J connectivity index is 3.21. The summed E-state index contributed by atoms with van der Waals surface area (Å²) < 4.78 is 5.32. The van der Waals surface area contributed by atoms with Gasteiger partial charge in [-0.15, -0.1) is 0 Å². The van der Waals surface area contributed by atoms with Crippen molar-refractivity contribution in [2.24, 2.45) is 0 Å². The van der Waals surface area contributed by atoms with Crippen LogP contribution in [0.25, 0.3) is 0 Å². The van der Waals surface area contributed by atoms with E-state index in [0.717, 1.165) is 32.1 Å². The summed E-state index contributed by atoms with van der Waals surface area (Å²) in [7, 11) is 0. The van der Waals surface area contributed by atoms with E-state index in [1.807, 2.05) is 0 Å². The van der Waals surface area contributed by atoms with E-state index in [2.05, 4.69) is 13.8 Å². The van der Waals surface area contributed by atoms with Crippen LogP contribution in [0.4, 0.5) is 0 Å². The van der Waals surface area contributed by atoms with Crippen molar-refractivity contribution in [1.29, 1.82) is 0 Å². The smallest absolute Gasteiger partial charge is 0.305 e. The van der Waals surface area contributed by atoms with Crippen molar-refractivity contribution in [3.05, 3.63) is 0 Å². The predicted molar refractivity (Wildman–Crippen MR) is 125 cm³/mol. The van der Waals surface area contributed by atoms with Gasteiger partial charge in [0.25, 0.3) is 0 Å². The predicted octanol–water partition coefficient (Wildman–Crippen LogP) is 8.12. The van der Waals surface area contributed by atoms with Crippen molar-refractivity contribution in [2.75, 3.05) is 6.61 Å². The number of carbonyl (C=O) groups excluding carboxylic acids is 1. The first-order valence-electron chi connectivity index (χ1n) is 13.0. The van der Waals surface area contributed by atoms with E-state index in [1.54, 1.807) is 0 Å². The minimum atomic E-state index is -0.0762. The largest absolute Gasteiger partial charge is 0.466 e. The van der Waals surface area contributed by atoms with E-state index in [9.17, 15) is 9.90 Å². The third kappa shape index (κ3) is 23.6. The average molecular weight is 413 g/mol. The van der Waals surface area contributed by atoms with E-state index in [4.69, 9.17) is 4.74 Å². The summed E-state index contributed by atoms with van der Waals surface area (Å²) in [6.07, 6.45) is 24.5. The van der Waals surface area contributed by atoms with Gasteiger partial charge in [-0.05, 0) is 25.7 Å². The molecule has 29 heavy (non-hydrogen) atoms. The van der Waals surface area contributed by atoms with Crippen molar-refractivity contribution < 1.29 is 14.6 Å². The number of aliphatic hydroxyl groups is 1. The third-order valence-corrected chi connectivity index (χ3v) is 5.82. The number of hydrogen-bond acceptors (Lipinski definition) is 3. The Morgan fingerprint density at radius 1 is 0.621 bits per heavy atom. The molecule has 0 aliphatic rings. The van der Waals surface area contributed by atoms with Crippen LogP contribution in [0.15, 0.2) is 0 Å². The molecule has 1 atom stereocenters. The maximum Gasteiger partial charge on any atom is 0.305 e. The topological polar surface area (TPSA) is 46.5 Å². The Kier molecular flexibility index (Phi) is 23.2. The zero-order valence-corrected chi connectivity index (χ0v) is 19.9. The SMILES string of the molecule is CCCCCCCCOC(=O)CCCCCCCCCC[C@H](O)CCCCCC. The molecule has 3 nitrogen and oxygen atoms in total. The first kappa shape index (κ1) is 28.4. The fraction of sp³-hybridized carbons (Fsp3) is 0.962. The van der Waals surface area contributed by atoms with Crippen LogP contribution in [0.3, 0.4) is 0 Å². The number of esters is 1. The minimum Gasteiger partial charge on any atom is -0.466 e. The Bertz CT molecular complexity index is 330. The molecule has 0 saturated carbocycles. The zero-order valence-electron chi connectivity index (χ0n) is 19.9. The maximum atomic E-state index is 11.7. The lowest BCUT2D eigenvalue weighted by Crippen LogP contribution is -2.06. The van der Waals surface area contributed by atoms with Gasteiger partial charge in [-0.25, -0.2) is 0 Å². The van der Waals surface area contributed by atoms with Crippen molar-refractivity contribution in [3.63, 3.8) is 0 Å². The highest BCUT2D eigenvalue weighted by Crippen LogP contribution is 2.14. The number of ether oxygens (including phenoxy) is 1. The number of aliphatic hydroxyl groups excluding tert-OH is 1. The highest BCUT2D eigenvalue weighted by atomic mass is 16.5. The van der Waals surface area contributed by atoms with Crippen LogP contribution in [0.1, 0.15) is 149 Å². The quantitative estimate of drug-likeness (QED) is 0.136. The van der Waals surface area contributed by atoms with Crippen LogP contribution in [0, 0.1) is 0 Å². The van der Waals surface area contributed by atoms with Crippen molar-refractivity contribution in [3.8, 4) is 0 Å². The van der Waals surface area contributed by atoms with Crippen LogP contribution in [-0.4, -0.2) is 23.8 Å². The van der Waals surface area contributed by atoms with Gasteiger partial charge in [0.1, 0.15) is 0 Å². The van der Waals surface area contributed by atoms with Gasteiger partial charge >= 0.3 is 5.97 Å². The molecule has 0 heterocycles. The molecule has 174 valence electrons. The highest BCUT2D eigenvalue weighted by molar-refractivity contribution is 5.69. The Morgan fingerprint density at radius 2 is 1.03 bits per heavy atom. The summed E-state index contributed by atoms with van der Waals surface area (Å²) in [4.78, 5) is 11.7. The molecule has 0 aliphatic heterocycles. The molecule has 0 aliphatic carbocycles. The summed E-state index contributed by atoms with van der Waals surface area (Å²) >= 11 is 0. The van der Waals surface area contributed by atoms with Crippen LogP contribution in [0.5, 0.6) is 0 Å². The molecule has 3 heteroatoms. The Hall–Kier alpha value is -0.570. The van der Waals surface area contributed by atoms with Gasteiger partial charge in [0.2, 0.25) is 0 Å². The lowest BCUT2D eigenvalue weighted by molar-refractivity contribution is -0.143. The summed E-state index contributed by atoms with van der Waals surface area (Å²) in [5.41, 5.74) is 0. The Morgan fingerprint density at radius 3 is 1.59 bits per heavy atom. The van der Waals surface area contributed by atoms with Gasteiger partial charge in [-0.1, -0.05) is 117 Å². The number of hydrogen-bond donors (Lipinski definition) is 1. The van der Waals surface area contributed by atoms with Crippen LogP contribution < -0.4 is 0 Å². The second-order valence-corrected chi connectivity index (χ2v) is 8.86. The number of carbonyl (C=O) groups is 1. The summed E-state index contributed by atoms with van der Waals surface area (Å²) in [6, 6.07) is 0. The molecule has 1 N–H and O–H groups in total. The molecule has 0 radical (unpaired) electrons. The number of rotatable bonds is 23. The van der Waals surface area contributed by atoms with Gasteiger partial charge in [0, 0.05) is 6.42 Å². The third-order valence-electron chi connectivity index (χ3n) is 5.82. The molecule has 0 rings (SSSR count). The molecule has 0 fully saturated rings. The summed E-state index contributed by atoms with van der Waals surface area (Å²) in [6.45, 7) is 5.06. The van der Waals surface area contributed by atoms with Crippen LogP contribution >= 0.6 is 0 Å². The molecule has 0 bridgehead atoms. The van der Waals surface area contributed by atoms with E-state index in [1.165, 1.54) is 96.3 Å². The van der Waals surface area contributed by atoms with Gasteiger partial charge in [0.15, 0.2) is 0 Å². The first-order chi connectivity index (χ1) is 14.2. The fourth-order valence-electron chi connectivity index (χ4n) is 3.80. The van der Waals surface area contributed by atoms with Crippen molar-refractivity contribution in [1.82, 2.24) is 0 Å². The highest BCUT2D eigenvalue weighted by Gasteiger charge is 2.04. The second-order valence-electron chi connectivity index (χ2n) is 8.86. The molecule has 0 aromatic carbocycles. The average Bonchev–Trinajstić information content (AvgIpc) is 2.72. The van der Waals surface area contributed by atoms with Gasteiger partial charge in [-0.2, -0.15) is 0 Å². The molecule has 0 aromatic heterocycles. The summed E-state index contributed by atoms with van der Waals surface area (Å²) in [5.74, 6) is -0.00758. The molecule has 0 amide bonds. The number of unbranched alkanes of at least 4 members (excludes halogenated alkanes) is 15. The standard InChI is InChI=1S/C26H52O3/c1-3-5-7-9-16-20-24-29-26(28)23-19-15-13-11-10-12-14-18-22-25(27)21-17-8-6-4-2/h25,27H,3-24H2,1-2H3/t25-/m1/s1. The van der Waals surface area contributed by atoms with E-state index >= 15 is 0 Å². The fourth-order valence-corrected chi connectivity index (χ4v) is 3.80. The summed E-state index contributed by atoms with van der Waals surface area (Å²) in [5, 5.41) is 9.97. The van der Waals surface area contributed by atoms with E-state index in [0.29, 0.717) is 13.0 Å². The lowest BCUT2D eigenvalue weighted by atomic mass is 10.0. The van der Waals surface area contributed by atoms with Crippen LogP contribution in [0.2, 0.25) is 0 Å². The maximum absolute atomic E-state index is 11.7. The second kappa shape index (κ2) is 23.7. The molecule has 0 saturated heterocycles. The monoisotopic (exact) mass is 412 g/mol. The lowest BCUT2D eigenvalue weighted by Gasteiger charge is -2.10. The van der Waals surface area contributed by atoms with Crippen LogP contribution in [-0.2, 0) is 9.53 Å². The normalized spacial score (nSPS) is 12.2. The van der Waals surface area contributed by atoms with Gasteiger partial charge in [0.05, 0.1) is 12.7 Å². The van der Waals surface area contributed by atoms with E-state index in [-0.39, 0.29) is 12.1 Å². The van der Waals surface area contributed by atoms with Crippen molar-refractivity contribution in [2.45, 2.75) is 155 Å². The zero-order chi connectivity index (χ0) is 21.4. The molecule has 0 unspecified atom stereocenters. The van der Waals surface area contributed by atoms with Gasteiger partial charge < -0.3 is 9.84 Å². The first-order valence-corrected chi connectivity index (χ1v) is 13.0. The molecule has 0 spiro atoms. The molecule has 0 aromatic rings. The molecular weight excluding hydrogens is 360 g/mol. The molecular formula is C26H52O3. The van der Waals surface area contributed by atoms with Gasteiger partial charge in [-0.3, -0.25) is 4.79 Å². The van der Waals surface area contributed by atoms with Crippen molar-refractivity contribution >= 4 is 5.97 Å².